The molecule has 0 saturated heterocycles. The number of halogens is 3. The molecule has 6 heteroatoms. The normalized spacial score (nSPS) is 11.2. The SMILES string of the molecule is Cc1nn(Cc2ccc(C(F)F)cc2)c(N)c1I. The molecular formula is C12H12F2IN3. The van der Waals surface area contributed by atoms with E-state index in [-0.39, 0.29) is 5.56 Å². The number of alkyl halides is 2. The lowest BCUT2D eigenvalue weighted by atomic mass is 10.1. The topological polar surface area (TPSA) is 43.8 Å². The standard InChI is InChI=1S/C12H12F2IN3/c1-7-10(15)12(16)18(17-7)6-8-2-4-9(5-3-8)11(13)14/h2-5,11H,6,16H2,1H3. The van der Waals surface area contributed by atoms with Crippen molar-refractivity contribution in [3.8, 4) is 0 Å². The number of aryl methyl sites for hydroxylation is 1. The largest absolute Gasteiger partial charge is 0.383 e. The summed E-state index contributed by atoms with van der Waals surface area (Å²) in [5.74, 6) is 0.603. The summed E-state index contributed by atoms with van der Waals surface area (Å²) in [4.78, 5) is 0. The minimum atomic E-state index is -2.43. The van der Waals surface area contributed by atoms with Gasteiger partial charge in [0.05, 0.1) is 15.8 Å². The third-order valence-electron chi connectivity index (χ3n) is 2.66. The molecule has 1 aromatic carbocycles. The highest BCUT2D eigenvalue weighted by molar-refractivity contribution is 14.1. The number of aromatic nitrogens is 2. The van der Waals surface area contributed by atoms with Gasteiger partial charge in [-0.3, -0.25) is 0 Å². The average molecular weight is 363 g/mol. The third kappa shape index (κ3) is 2.63. The van der Waals surface area contributed by atoms with Crippen molar-refractivity contribution in [2.75, 3.05) is 5.73 Å². The Kier molecular flexibility index (Phi) is 3.84. The van der Waals surface area contributed by atoms with Crippen molar-refractivity contribution < 1.29 is 8.78 Å². The molecule has 2 rings (SSSR count). The van der Waals surface area contributed by atoms with Crippen LogP contribution in [0.4, 0.5) is 14.6 Å². The van der Waals surface area contributed by atoms with Gasteiger partial charge in [-0.05, 0) is 35.1 Å². The molecule has 0 atom stereocenters. The van der Waals surface area contributed by atoms with Gasteiger partial charge in [-0.2, -0.15) is 5.10 Å². The Morgan fingerprint density at radius 1 is 1.33 bits per heavy atom. The van der Waals surface area contributed by atoms with Crippen LogP contribution in [0.25, 0.3) is 0 Å². The first kappa shape index (κ1) is 13.3. The van der Waals surface area contributed by atoms with E-state index in [9.17, 15) is 8.78 Å². The zero-order valence-corrected chi connectivity index (χ0v) is 11.9. The van der Waals surface area contributed by atoms with Gasteiger partial charge in [0.25, 0.3) is 6.43 Å². The van der Waals surface area contributed by atoms with Crippen LogP contribution in [0.2, 0.25) is 0 Å². The first-order valence-electron chi connectivity index (χ1n) is 5.34. The second-order valence-corrected chi connectivity index (χ2v) is 5.06. The predicted molar refractivity (Wildman–Crippen MR) is 74.6 cm³/mol. The molecule has 0 radical (unpaired) electrons. The molecule has 0 bridgehead atoms. The molecule has 0 saturated carbocycles. The van der Waals surface area contributed by atoms with E-state index in [1.807, 2.05) is 6.92 Å². The van der Waals surface area contributed by atoms with Crippen LogP contribution < -0.4 is 5.73 Å². The fraction of sp³-hybridized carbons (Fsp3) is 0.250. The van der Waals surface area contributed by atoms with Crippen LogP contribution in [-0.2, 0) is 6.54 Å². The Labute approximate surface area is 117 Å². The monoisotopic (exact) mass is 363 g/mol. The van der Waals surface area contributed by atoms with Crippen molar-refractivity contribution in [2.24, 2.45) is 0 Å². The summed E-state index contributed by atoms with van der Waals surface area (Å²) >= 11 is 2.14. The molecule has 1 aromatic heterocycles. The second-order valence-electron chi connectivity index (χ2n) is 3.98. The van der Waals surface area contributed by atoms with Crippen LogP contribution in [0, 0.1) is 10.5 Å². The van der Waals surface area contributed by atoms with Gasteiger partial charge in [0.15, 0.2) is 0 Å². The van der Waals surface area contributed by atoms with E-state index in [4.69, 9.17) is 5.73 Å². The van der Waals surface area contributed by atoms with Gasteiger partial charge in [0, 0.05) is 5.56 Å². The van der Waals surface area contributed by atoms with Gasteiger partial charge in [0.1, 0.15) is 5.82 Å². The highest BCUT2D eigenvalue weighted by Gasteiger charge is 2.10. The van der Waals surface area contributed by atoms with Gasteiger partial charge < -0.3 is 5.73 Å². The Balaban J connectivity index is 2.21. The van der Waals surface area contributed by atoms with Crippen molar-refractivity contribution in [3.05, 3.63) is 44.7 Å². The summed E-state index contributed by atoms with van der Waals surface area (Å²) in [6.45, 7) is 2.37. The van der Waals surface area contributed by atoms with Crippen LogP contribution in [-0.4, -0.2) is 9.78 Å². The molecule has 18 heavy (non-hydrogen) atoms. The van der Waals surface area contributed by atoms with E-state index in [0.717, 1.165) is 14.8 Å². The van der Waals surface area contributed by atoms with Crippen molar-refractivity contribution in [1.82, 2.24) is 9.78 Å². The van der Waals surface area contributed by atoms with Crippen LogP contribution in [0.15, 0.2) is 24.3 Å². The number of benzene rings is 1. The first-order valence-corrected chi connectivity index (χ1v) is 6.42. The van der Waals surface area contributed by atoms with Gasteiger partial charge >= 0.3 is 0 Å². The summed E-state index contributed by atoms with van der Waals surface area (Å²) in [7, 11) is 0. The molecular weight excluding hydrogens is 351 g/mol. The highest BCUT2D eigenvalue weighted by Crippen LogP contribution is 2.21. The average Bonchev–Trinajstić information content (AvgIpc) is 2.58. The van der Waals surface area contributed by atoms with Crippen molar-refractivity contribution >= 4 is 28.4 Å². The van der Waals surface area contributed by atoms with E-state index in [2.05, 4.69) is 27.7 Å². The van der Waals surface area contributed by atoms with Crippen molar-refractivity contribution in [2.45, 2.75) is 19.9 Å². The molecule has 0 spiro atoms. The zero-order chi connectivity index (χ0) is 13.3. The van der Waals surface area contributed by atoms with Gasteiger partial charge in [-0.1, -0.05) is 24.3 Å². The number of rotatable bonds is 3. The van der Waals surface area contributed by atoms with Gasteiger partial charge in [-0.25, -0.2) is 13.5 Å². The van der Waals surface area contributed by atoms with Gasteiger partial charge in [-0.15, -0.1) is 0 Å². The molecule has 2 N–H and O–H groups in total. The van der Waals surface area contributed by atoms with Gasteiger partial charge in [0.2, 0.25) is 0 Å². The lowest BCUT2D eigenvalue weighted by Crippen LogP contribution is -2.06. The second kappa shape index (κ2) is 5.21. The molecule has 0 amide bonds. The Hall–Kier alpha value is -1.18. The number of hydrogen-bond acceptors (Lipinski definition) is 2. The molecule has 3 nitrogen and oxygen atoms in total. The summed E-state index contributed by atoms with van der Waals surface area (Å²) in [6.07, 6.45) is -2.43. The molecule has 0 fully saturated rings. The zero-order valence-electron chi connectivity index (χ0n) is 9.70. The number of nitrogen functional groups attached to an aromatic ring is 1. The first-order chi connectivity index (χ1) is 8.49. The molecule has 96 valence electrons. The summed E-state index contributed by atoms with van der Waals surface area (Å²) < 4.78 is 27.4. The summed E-state index contributed by atoms with van der Waals surface area (Å²) in [5, 5.41) is 4.30. The van der Waals surface area contributed by atoms with Crippen molar-refractivity contribution in [1.29, 1.82) is 0 Å². The minimum Gasteiger partial charge on any atom is -0.383 e. The molecule has 0 unspecified atom stereocenters. The smallest absolute Gasteiger partial charge is 0.263 e. The van der Waals surface area contributed by atoms with Crippen LogP contribution in [0.3, 0.4) is 0 Å². The maximum atomic E-state index is 12.4. The summed E-state index contributed by atoms with van der Waals surface area (Å²) in [6, 6.07) is 6.20. The lowest BCUT2D eigenvalue weighted by Gasteiger charge is -2.05. The van der Waals surface area contributed by atoms with Crippen LogP contribution in [0.1, 0.15) is 23.2 Å². The Morgan fingerprint density at radius 3 is 2.39 bits per heavy atom. The van der Waals surface area contributed by atoms with E-state index in [1.165, 1.54) is 12.1 Å². The van der Waals surface area contributed by atoms with Crippen LogP contribution >= 0.6 is 22.6 Å². The van der Waals surface area contributed by atoms with Crippen molar-refractivity contribution in [3.63, 3.8) is 0 Å². The van der Waals surface area contributed by atoms with Crippen LogP contribution in [0.5, 0.6) is 0 Å². The quantitative estimate of drug-likeness (QED) is 0.850. The molecule has 0 aliphatic rings. The molecule has 0 aliphatic heterocycles. The lowest BCUT2D eigenvalue weighted by molar-refractivity contribution is 0.151. The number of nitrogens with zero attached hydrogens (tertiary/aromatic N) is 2. The van der Waals surface area contributed by atoms with E-state index < -0.39 is 6.43 Å². The molecule has 0 aliphatic carbocycles. The van der Waals surface area contributed by atoms with E-state index >= 15 is 0 Å². The summed E-state index contributed by atoms with van der Waals surface area (Å²) in [5.41, 5.74) is 7.69. The fourth-order valence-corrected chi connectivity index (χ4v) is 2.03. The maximum absolute atomic E-state index is 12.4. The number of hydrogen-bond donors (Lipinski definition) is 1. The molecule has 2 aromatic rings. The Bertz CT molecular complexity index is 549. The van der Waals surface area contributed by atoms with E-state index in [1.54, 1.807) is 16.8 Å². The fourth-order valence-electron chi connectivity index (χ4n) is 1.64. The molecule has 1 heterocycles. The predicted octanol–water partition coefficient (Wildman–Crippen LogP) is 3.36. The van der Waals surface area contributed by atoms with E-state index in [0.29, 0.717) is 12.4 Å². The third-order valence-corrected chi connectivity index (χ3v) is 3.99. The Morgan fingerprint density at radius 2 is 1.94 bits per heavy atom. The number of nitrogens with two attached hydrogens (primary N) is 1. The maximum Gasteiger partial charge on any atom is 0.263 e. The highest BCUT2D eigenvalue weighted by atomic mass is 127. The number of anilines is 1. The minimum absolute atomic E-state index is 0.0259.